The predicted octanol–water partition coefficient (Wildman–Crippen LogP) is 0.281. The number of nitrogens with one attached hydrogen (secondary N) is 2. The number of sulfone groups is 1. The molecule has 0 radical (unpaired) electrons. The molecule has 4 aromatic carbocycles. The molecule has 0 fully saturated rings. The summed E-state index contributed by atoms with van der Waals surface area (Å²) in [5.41, 5.74) is -1.58. The first-order valence-corrected chi connectivity index (χ1v) is 22.2. The first kappa shape index (κ1) is 45.7. The summed E-state index contributed by atoms with van der Waals surface area (Å²) in [5.74, 6) is -2.80. The van der Waals surface area contributed by atoms with Gasteiger partial charge in [0.2, 0.25) is 17.2 Å². The Balaban J connectivity index is 0.00000720. The number of aromatic nitrogens is 3. The third kappa shape index (κ3) is 11.8. The zero-order chi connectivity index (χ0) is 41.4. The number of aromatic hydroxyl groups is 1. The summed E-state index contributed by atoms with van der Waals surface area (Å²) in [5, 5.41) is 22.6. The quantitative estimate of drug-likeness (QED) is 0.0495. The van der Waals surface area contributed by atoms with Gasteiger partial charge in [-0.05, 0) is 77.7 Å². The van der Waals surface area contributed by atoms with E-state index < -0.39 is 117 Å². The molecule has 0 bridgehead atoms. The molecule has 0 aliphatic heterocycles. The number of benzene rings is 4. The minimum Gasteiger partial charge on any atom is -0.744 e. The molecule has 298 valence electrons. The first-order valence-electron chi connectivity index (χ1n) is 14.5. The molecule has 6 N–H and O–H groups in total. The summed E-state index contributed by atoms with van der Waals surface area (Å²) in [4.78, 5) is 8.78. The Bertz CT molecular complexity index is 3000. The van der Waals surface area contributed by atoms with Gasteiger partial charge >= 0.3 is 40.0 Å². The zero-order valence-electron chi connectivity index (χ0n) is 28.1. The second-order valence-corrected chi connectivity index (χ2v) is 18.6. The van der Waals surface area contributed by atoms with Crippen molar-refractivity contribution in [2.75, 3.05) is 23.0 Å². The molecule has 23 nitrogen and oxygen atoms in total. The molecule has 0 aliphatic rings. The Morgan fingerprint density at radius 2 is 1.35 bits per heavy atom. The Kier molecular flexibility index (Phi) is 13.7. The van der Waals surface area contributed by atoms with Crippen LogP contribution < -0.4 is 40.2 Å². The van der Waals surface area contributed by atoms with E-state index in [2.05, 4.69) is 40.0 Å². The van der Waals surface area contributed by atoms with Gasteiger partial charge in [0.1, 0.15) is 15.8 Å². The van der Waals surface area contributed by atoms with E-state index in [1.165, 1.54) is 12.1 Å². The Hall–Kier alpha value is -4.01. The van der Waals surface area contributed by atoms with Gasteiger partial charge in [0.05, 0.1) is 43.3 Å². The monoisotopic (exact) mass is 917 g/mol. The zero-order valence-corrected chi connectivity index (χ0v) is 34.9. The number of anilines is 4. The van der Waals surface area contributed by atoms with Crippen molar-refractivity contribution in [2.45, 2.75) is 19.6 Å². The summed E-state index contributed by atoms with van der Waals surface area (Å²) in [6.45, 7) is -0.911. The van der Waals surface area contributed by atoms with Gasteiger partial charge in [-0.3, -0.25) is 13.7 Å². The second-order valence-electron chi connectivity index (χ2n) is 10.8. The fourth-order valence-electron chi connectivity index (χ4n) is 4.64. The fourth-order valence-corrected chi connectivity index (χ4v) is 8.00. The normalized spacial score (nSPS) is 12.7. The second kappa shape index (κ2) is 17.1. The van der Waals surface area contributed by atoms with Crippen molar-refractivity contribution in [1.82, 2.24) is 15.0 Å². The Morgan fingerprint density at radius 3 is 1.93 bits per heavy atom. The maximum absolute atomic E-state index is 12.5. The van der Waals surface area contributed by atoms with Crippen molar-refractivity contribution in [1.29, 1.82) is 0 Å². The van der Waals surface area contributed by atoms with Crippen molar-refractivity contribution in [3.8, 4) is 5.75 Å². The van der Waals surface area contributed by atoms with Crippen molar-refractivity contribution >= 4 is 108 Å². The third-order valence-corrected chi connectivity index (χ3v) is 11.8. The molecule has 0 saturated heterocycles. The Morgan fingerprint density at radius 1 is 0.737 bits per heavy atom. The first-order chi connectivity index (χ1) is 25.8. The molecule has 57 heavy (non-hydrogen) atoms. The minimum atomic E-state index is -5.53. The summed E-state index contributed by atoms with van der Waals surface area (Å²) in [6.07, 6.45) is 0. The van der Waals surface area contributed by atoms with Gasteiger partial charge in [-0.1, -0.05) is 6.07 Å². The number of azo groups is 1. The average Bonchev–Trinajstić information content (AvgIpc) is 3.05. The van der Waals surface area contributed by atoms with Crippen LogP contribution in [-0.2, 0) is 54.8 Å². The smallest absolute Gasteiger partial charge is 0.744 e. The van der Waals surface area contributed by atoms with E-state index in [0.717, 1.165) is 42.5 Å². The minimum absolute atomic E-state index is 0. The number of phenolic OH excluding ortho intramolecular Hbond substituents is 1. The maximum atomic E-state index is 12.5. The van der Waals surface area contributed by atoms with Crippen LogP contribution in [-0.4, -0.2) is 92.7 Å². The number of halogens is 1. The molecule has 0 spiro atoms. The third-order valence-electron chi connectivity index (χ3n) is 6.98. The molecule has 30 heteroatoms. The molecule has 0 unspecified atom stereocenters. The van der Waals surface area contributed by atoms with Gasteiger partial charge in [-0.2, -0.15) is 45.3 Å². The van der Waals surface area contributed by atoms with Crippen LogP contribution in [0.2, 0.25) is 5.28 Å². The molecule has 0 saturated carbocycles. The van der Waals surface area contributed by atoms with E-state index >= 15 is 0 Å². The van der Waals surface area contributed by atoms with Gasteiger partial charge in [0.25, 0.3) is 20.2 Å². The van der Waals surface area contributed by atoms with Gasteiger partial charge in [0.15, 0.2) is 15.6 Å². The van der Waals surface area contributed by atoms with Crippen LogP contribution in [0.3, 0.4) is 0 Å². The molecular weight excluding hydrogens is 897 g/mol. The van der Waals surface area contributed by atoms with Gasteiger partial charge < -0.3 is 20.3 Å². The van der Waals surface area contributed by atoms with Crippen LogP contribution in [0.4, 0.5) is 34.6 Å². The molecule has 5 aromatic rings. The van der Waals surface area contributed by atoms with Crippen LogP contribution in [0.25, 0.3) is 10.8 Å². The van der Waals surface area contributed by atoms with E-state index in [4.69, 9.17) is 16.2 Å². The predicted molar refractivity (Wildman–Crippen MR) is 191 cm³/mol. The van der Waals surface area contributed by atoms with E-state index in [1.54, 1.807) is 0 Å². The van der Waals surface area contributed by atoms with Crippen LogP contribution in [0, 0.1) is 0 Å². The summed E-state index contributed by atoms with van der Waals surface area (Å²) < 4.78 is 163. The Labute approximate surface area is 349 Å². The van der Waals surface area contributed by atoms with E-state index in [1.807, 2.05) is 0 Å². The van der Waals surface area contributed by atoms with Gasteiger partial charge in [-0.15, -0.1) is 5.11 Å². The van der Waals surface area contributed by atoms with Crippen molar-refractivity contribution < 1.29 is 99.1 Å². The van der Waals surface area contributed by atoms with Gasteiger partial charge in [-0.25, -0.2) is 21.0 Å². The largest absolute Gasteiger partial charge is 1.00 e. The number of hydrogen-bond donors (Lipinski definition) is 6. The summed E-state index contributed by atoms with van der Waals surface area (Å²) >= 11 is 6.05. The molecule has 0 aliphatic carbocycles. The van der Waals surface area contributed by atoms with Gasteiger partial charge in [0, 0.05) is 11.1 Å². The topological polar surface area (TPSA) is 371 Å². The summed E-state index contributed by atoms with van der Waals surface area (Å²) in [7, 11) is -24.3. The average molecular weight is 918 g/mol. The fraction of sp³-hybridized carbons (Fsp3) is 0.0741. The SMILES string of the molecule is O=S(=O)(O)OCCS(=O)(=O)c1ccc(N=Nc2c(S(=O)(=O)[O-])cc3cc(S(=O)(=O)O)cc(Nc4nc(Cl)nc(Nc5cccc(S(=O)(=O)O)c5)n4)c3c2O)cc1.[Na+]. The molecule has 1 aromatic heterocycles. The summed E-state index contributed by atoms with van der Waals surface area (Å²) in [6, 6.07) is 10.9. The van der Waals surface area contributed by atoms with E-state index in [9.17, 15) is 60.9 Å². The number of rotatable bonds is 14. The van der Waals surface area contributed by atoms with Crippen molar-refractivity contribution in [3.05, 3.63) is 72.0 Å². The van der Waals surface area contributed by atoms with E-state index in [0.29, 0.717) is 12.1 Å². The molecule has 5 rings (SSSR count). The molecular formula is C27H21ClN7NaO16S5. The maximum Gasteiger partial charge on any atom is 1.00 e. The molecule has 0 atom stereocenters. The molecule has 1 heterocycles. The van der Waals surface area contributed by atoms with E-state index in [-0.39, 0.29) is 51.8 Å². The standard InChI is InChI=1S/C27H22ClN7O16S5.Na/c28-25-31-26(29-16-2-1-3-18(12-16)53(39,40)41)33-27(32-25)30-20-13-19(54(42,43)44)10-14-11-21(55(45,46)47)23(24(36)22(14)20)35-34-15-4-6-17(7-5-15)52(37,38)9-8-51-56(48,49)50;/h1-7,10-13,36H,8-9H2,(H,39,40,41)(H,42,43,44)(H,45,46,47)(H,48,49,50)(H2,29,30,31,32,33);/q;+1/p-1. The van der Waals surface area contributed by atoms with Crippen molar-refractivity contribution in [2.24, 2.45) is 10.2 Å². The number of phenols is 1. The van der Waals surface area contributed by atoms with Crippen LogP contribution in [0.1, 0.15) is 0 Å². The van der Waals surface area contributed by atoms with Crippen LogP contribution >= 0.6 is 11.6 Å². The number of hydrogen-bond acceptors (Lipinski definition) is 20. The number of nitrogens with zero attached hydrogens (tertiary/aromatic N) is 5. The van der Waals surface area contributed by atoms with Crippen molar-refractivity contribution in [3.63, 3.8) is 0 Å². The van der Waals surface area contributed by atoms with Crippen LogP contribution in [0.5, 0.6) is 5.75 Å². The van der Waals surface area contributed by atoms with Crippen LogP contribution in [0.15, 0.2) is 96.5 Å². The molecule has 0 amide bonds. The number of fused-ring (bicyclic) bond motifs is 1.